The molecular formula is C25H30N2O4. The van der Waals surface area contributed by atoms with Crippen LogP contribution in [0.2, 0.25) is 0 Å². The first-order chi connectivity index (χ1) is 15.0. The van der Waals surface area contributed by atoms with Gasteiger partial charge in [-0.15, -0.1) is 0 Å². The zero-order chi connectivity index (χ0) is 22.2. The van der Waals surface area contributed by atoms with Crippen molar-refractivity contribution >= 4 is 23.5 Å². The fourth-order valence-electron chi connectivity index (χ4n) is 3.48. The summed E-state index contributed by atoms with van der Waals surface area (Å²) in [6.07, 6.45) is 4.34. The van der Waals surface area contributed by atoms with Crippen molar-refractivity contribution in [1.82, 2.24) is 4.90 Å². The number of hydrogen-bond acceptors (Lipinski definition) is 5. The summed E-state index contributed by atoms with van der Waals surface area (Å²) in [5, 5.41) is 0. The molecule has 31 heavy (non-hydrogen) atoms. The number of piperazine rings is 1. The molecule has 6 nitrogen and oxygen atoms in total. The Morgan fingerprint density at radius 3 is 2.32 bits per heavy atom. The number of anilines is 1. The fraction of sp³-hybridized carbons (Fsp3) is 0.360. The van der Waals surface area contributed by atoms with Crippen molar-refractivity contribution in [2.45, 2.75) is 20.3 Å². The van der Waals surface area contributed by atoms with Gasteiger partial charge in [0.15, 0.2) is 17.3 Å². The molecule has 0 atom stereocenters. The largest absolute Gasteiger partial charge is 0.493 e. The summed E-state index contributed by atoms with van der Waals surface area (Å²) in [6.45, 7) is 7.09. The Kier molecular flexibility index (Phi) is 7.70. The van der Waals surface area contributed by atoms with E-state index in [9.17, 15) is 9.59 Å². The second-order valence-electron chi connectivity index (χ2n) is 7.51. The maximum Gasteiger partial charge on any atom is 0.246 e. The Bertz CT molecular complexity index is 929. The van der Waals surface area contributed by atoms with Crippen LogP contribution in [0.3, 0.4) is 0 Å². The molecule has 0 unspecified atom stereocenters. The lowest BCUT2D eigenvalue weighted by molar-refractivity contribution is -0.126. The van der Waals surface area contributed by atoms with E-state index < -0.39 is 0 Å². The summed E-state index contributed by atoms with van der Waals surface area (Å²) in [6, 6.07) is 13.3. The normalized spacial score (nSPS) is 14.0. The Balaban J connectivity index is 1.56. The molecule has 1 aliphatic rings. The molecule has 3 rings (SSSR count). The molecule has 6 heteroatoms. The molecule has 1 aliphatic heterocycles. The number of rotatable bonds is 8. The van der Waals surface area contributed by atoms with Crippen LogP contribution < -0.4 is 14.4 Å². The summed E-state index contributed by atoms with van der Waals surface area (Å²) in [7, 11) is 1.61. The smallest absolute Gasteiger partial charge is 0.246 e. The first-order valence-corrected chi connectivity index (χ1v) is 10.7. The number of ether oxygens (including phenoxy) is 2. The number of methoxy groups -OCH3 is 1. The predicted octanol–water partition coefficient (Wildman–Crippen LogP) is 4.05. The number of hydrogen-bond donors (Lipinski definition) is 0. The van der Waals surface area contributed by atoms with Crippen LogP contribution in [0.1, 0.15) is 36.2 Å². The molecule has 1 fully saturated rings. The number of nitrogens with zero attached hydrogens (tertiary/aromatic N) is 2. The van der Waals surface area contributed by atoms with Crippen LogP contribution in [0, 0.1) is 0 Å². The molecule has 0 radical (unpaired) electrons. The highest BCUT2D eigenvalue weighted by molar-refractivity contribution is 5.94. The Hall–Kier alpha value is -3.28. The van der Waals surface area contributed by atoms with Gasteiger partial charge < -0.3 is 19.3 Å². The minimum Gasteiger partial charge on any atom is -0.493 e. The molecule has 0 N–H and O–H groups in total. The van der Waals surface area contributed by atoms with Gasteiger partial charge in [-0.2, -0.15) is 0 Å². The molecule has 1 saturated heterocycles. The maximum absolute atomic E-state index is 12.6. The highest BCUT2D eigenvalue weighted by Crippen LogP contribution is 2.28. The molecule has 0 aromatic heterocycles. The number of carbonyl (C=O) groups is 2. The van der Waals surface area contributed by atoms with E-state index in [0.717, 1.165) is 30.8 Å². The number of amides is 1. The van der Waals surface area contributed by atoms with Crippen molar-refractivity contribution in [3.8, 4) is 11.5 Å². The van der Waals surface area contributed by atoms with Crippen molar-refractivity contribution < 1.29 is 19.1 Å². The lowest BCUT2D eigenvalue weighted by atomic mass is 10.1. The quantitative estimate of drug-likeness (QED) is 0.475. The molecule has 0 aliphatic carbocycles. The van der Waals surface area contributed by atoms with Crippen molar-refractivity contribution in [2.24, 2.45) is 0 Å². The molecule has 0 bridgehead atoms. The van der Waals surface area contributed by atoms with E-state index in [4.69, 9.17) is 9.47 Å². The van der Waals surface area contributed by atoms with Crippen LogP contribution in [-0.4, -0.2) is 56.5 Å². The Morgan fingerprint density at radius 2 is 1.71 bits per heavy atom. The molecule has 0 saturated carbocycles. The van der Waals surface area contributed by atoms with E-state index >= 15 is 0 Å². The highest BCUT2D eigenvalue weighted by Gasteiger charge is 2.20. The van der Waals surface area contributed by atoms with Gasteiger partial charge in [-0.3, -0.25) is 9.59 Å². The van der Waals surface area contributed by atoms with Crippen LogP contribution in [0.5, 0.6) is 11.5 Å². The van der Waals surface area contributed by atoms with Crippen molar-refractivity contribution in [3.05, 3.63) is 59.7 Å². The maximum atomic E-state index is 12.6. The van der Waals surface area contributed by atoms with Gasteiger partial charge in [0.2, 0.25) is 5.91 Å². The predicted molar refractivity (Wildman–Crippen MR) is 123 cm³/mol. The van der Waals surface area contributed by atoms with Crippen LogP contribution in [-0.2, 0) is 4.79 Å². The van der Waals surface area contributed by atoms with Crippen LogP contribution in [0.15, 0.2) is 48.5 Å². The molecular weight excluding hydrogens is 392 g/mol. The van der Waals surface area contributed by atoms with Crippen molar-refractivity contribution in [3.63, 3.8) is 0 Å². The number of benzene rings is 2. The van der Waals surface area contributed by atoms with Crippen molar-refractivity contribution in [1.29, 1.82) is 0 Å². The van der Waals surface area contributed by atoms with Gasteiger partial charge in [0.25, 0.3) is 0 Å². The van der Waals surface area contributed by atoms with E-state index in [1.54, 1.807) is 26.2 Å². The van der Waals surface area contributed by atoms with Gasteiger partial charge in [0.05, 0.1) is 13.7 Å². The van der Waals surface area contributed by atoms with E-state index in [1.165, 1.54) is 0 Å². The monoisotopic (exact) mass is 422 g/mol. The average molecular weight is 423 g/mol. The molecule has 2 aromatic carbocycles. The van der Waals surface area contributed by atoms with E-state index in [-0.39, 0.29) is 11.7 Å². The van der Waals surface area contributed by atoms with Gasteiger partial charge in [0.1, 0.15) is 0 Å². The Morgan fingerprint density at radius 1 is 1.00 bits per heavy atom. The third-order valence-corrected chi connectivity index (χ3v) is 5.30. The second kappa shape index (κ2) is 10.7. The number of Topliss-reactive ketones (excluding diaryl/α,β-unsaturated/α-hetero) is 1. The Labute approximate surface area is 184 Å². The zero-order valence-corrected chi connectivity index (χ0v) is 18.5. The first-order valence-electron chi connectivity index (χ1n) is 10.7. The average Bonchev–Trinajstić information content (AvgIpc) is 2.81. The SMILES string of the molecule is CCCOc1ccc(/C=C/C(=O)N2CCN(c3ccc(C(C)=O)cc3)CC2)cc1OC. The molecule has 164 valence electrons. The summed E-state index contributed by atoms with van der Waals surface area (Å²) in [4.78, 5) is 28.1. The molecule has 0 spiro atoms. The number of ketones is 1. The minimum absolute atomic E-state index is 0.00291. The first kappa shape index (κ1) is 22.4. The van der Waals surface area contributed by atoms with E-state index in [1.807, 2.05) is 47.4 Å². The summed E-state index contributed by atoms with van der Waals surface area (Å²) >= 11 is 0. The fourth-order valence-corrected chi connectivity index (χ4v) is 3.48. The summed E-state index contributed by atoms with van der Waals surface area (Å²) in [5.41, 5.74) is 2.67. The lowest BCUT2D eigenvalue weighted by Gasteiger charge is -2.35. The summed E-state index contributed by atoms with van der Waals surface area (Å²) < 4.78 is 11.1. The molecule has 1 heterocycles. The third kappa shape index (κ3) is 5.87. The van der Waals surface area contributed by atoms with Gasteiger partial charge in [-0.25, -0.2) is 0 Å². The highest BCUT2D eigenvalue weighted by atomic mass is 16.5. The number of carbonyl (C=O) groups excluding carboxylic acids is 2. The minimum atomic E-state index is -0.00291. The second-order valence-corrected chi connectivity index (χ2v) is 7.51. The topological polar surface area (TPSA) is 59.1 Å². The standard InChI is InChI=1S/C25H30N2O4/c1-4-17-31-23-11-5-20(18-24(23)30-3)6-12-25(29)27-15-13-26(14-16-27)22-9-7-21(8-10-22)19(2)28/h5-12,18H,4,13-17H2,1-3H3/b12-6+. The van der Waals surface area contributed by atoms with Crippen LogP contribution in [0.25, 0.3) is 6.08 Å². The van der Waals surface area contributed by atoms with Crippen LogP contribution in [0.4, 0.5) is 5.69 Å². The molecule has 2 aromatic rings. The van der Waals surface area contributed by atoms with Gasteiger partial charge >= 0.3 is 0 Å². The molecule has 1 amide bonds. The van der Waals surface area contributed by atoms with Gasteiger partial charge in [-0.1, -0.05) is 13.0 Å². The zero-order valence-electron chi connectivity index (χ0n) is 18.5. The third-order valence-electron chi connectivity index (χ3n) is 5.30. The summed E-state index contributed by atoms with van der Waals surface area (Å²) in [5.74, 6) is 1.43. The van der Waals surface area contributed by atoms with Gasteiger partial charge in [0, 0.05) is 43.5 Å². The van der Waals surface area contributed by atoms with Crippen LogP contribution >= 0.6 is 0 Å². The van der Waals surface area contributed by atoms with E-state index in [0.29, 0.717) is 36.8 Å². The lowest BCUT2D eigenvalue weighted by Crippen LogP contribution is -2.48. The van der Waals surface area contributed by atoms with Gasteiger partial charge in [-0.05, 0) is 61.4 Å². The van der Waals surface area contributed by atoms with E-state index in [2.05, 4.69) is 11.8 Å². The van der Waals surface area contributed by atoms with Crippen molar-refractivity contribution in [2.75, 3.05) is 44.8 Å².